The Kier molecular flexibility index (Phi) is 7.13. The van der Waals surface area contributed by atoms with E-state index >= 15 is 0 Å². The van der Waals surface area contributed by atoms with Gasteiger partial charge in [0, 0.05) is 18.5 Å². The first-order valence-corrected chi connectivity index (χ1v) is 7.47. The van der Waals surface area contributed by atoms with Gasteiger partial charge in [-0.25, -0.2) is 0 Å². The molecule has 1 saturated carbocycles. The van der Waals surface area contributed by atoms with Crippen LogP contribution in [0.5, 0.6) is 0 Å². The summed E-state index contributed by atoms with van der Waals surface area (Å²) >= 11 is 6.09. The SMILES string of the molecule is CC(=O)Nc1ccc(NC(=O)[C@@H]2CCC[C@@H]2CN)cc1Cl.Cl. The summed E-state index contributed by atoms with van der Waals surface area (Å²) in [7, 11) is 0. The summed E-state index contributed by atoms with van der Waals surface area (Å²) in [4.78, 5) is 23.3. The fourth-order valence-corrected chi connectivity index (χ4v) is 3.01. The number of nitrogens with two attached hydrogens (primary N) is 1. The predicted octanol–water partition coefficient (Wildman–Crippen LogP) is 3.03. The van der Waals surface area contributed by atoms with Crippen LogP contribution in [-0.4, -0.2) is 18.4 Å². The van der Waals surface area contributed by atoms with Crippen LogP contribution in [0.25, 0.3) is 0 Å². The van der Waals surface area contributed by atoms with Gasteiger partial charge in [-0.05, 0) is 43.5 Å². The molecule has 2 atom stereocenters. The topological polar surface area (TPSA) is 84.2 Å². The minimum Gasteiger partial charge on any atom is -0.330 e. The Labute approximate surface area is 141 Å². The highest BCUT2D eigenvalue weighted by Crippen LogP contribution is 2.32. The van der Waals surface area contributed by atoms with Gasteiger partial charge in [-0.1, -0.05) is 18.0 Å². The van der Waals surface area contributed by atoms with E-state index in [1.807, 2.05) is 0 Å². The Morgan fingerprint density at radius 1 is 1.32 bits per heavy atom. The number of hydrogen-bond acceptors (Lipinski definition) is 3. The summed E-state index contributed by atoms with van der Waals surface area (Å²) in [5, 5.41) is 5.90. The van der Waals surface area contributed by atoms with E-state index < -0.39 is 0 Å². The van der Waals surface area contributed by atoms with Crippen LogP contribution in [0.4, 0.5) is 11.4 Å². The molecule has 1 aliphatic rings. The molecule has 122 valence electrons. The van der Waals surface area contributed by atoms with Crippen LogP contribution in [0.15, 0.2) is 18.2 Å². The third-order valence-electron chi connectivity index (χ3n) is 3.85. The number of anilines is 2. The molecular formula is C15H21Cl2N3O2. The maximum absolute atomic E-state index is 12.3. The second kappa shape index (κ2) is 8.36. The zero-order valence-electron chi connectivity index (χ0n) is 12.4. The number of nitrogens with one attached hydrogen (secondary N) is 2. The second-order valence-electron chi connectivity index (χ2n) is 5.40. The van der Waals surface area contributed by atoms with Gasteiger partial charge >= 0.3 is 0 Å². The molecule has 22 heavy (non-hydrogen) atoms. The lowest BCUT2D eigenvalue weighted by molar-refractivity contribution is -0.120. The summed E-state index contributed by atoms with van der Waals surface area (Å²) in [5.74, 6) is 0.0413. The maximum atomic E-state index is 12.3. The van der Waals surface area contributed by atoms with Crippen LogP contribution in [-0.2, 0) is 9.59 Å². The van der Waals surface area contributed by atoms with Crippen molar-refractivity contribution in [1.82, 2.24) is 0 Å². The molecule has 0 heterocycles. The third kappa shape index (κ3) is 4.60. The number of carbonyl (C=O) groups is 2. The van der Waals surface area contributed by atoms with Crippen LogP contribution in [0, 0.1) is 11.8 Å². The molecule has 7 heteroatoms. The van der Waals surface area contributed by atoms with E-state index in [4.69, 9.17) is 17.3 Å². The summed E-state index contributed by atoms with van der Waals surface area (Å²) in [6, 6.07) is 5.03. The molecule has 1 fully saturated rings. The summed E-state index contributed by atoms with van der Waals surface area (Å²) < 4.78 is 0. The average molecular weight is 346 g/mol. The molecule has 0 bridgehead atoms. The van der Waals surface area contributed by atoms with Crippen molar-refractivity contribution in [3.05, 3.63) is 23.2 Å². The molecule has 1 aromatic rings. The Morgan fingerprint density at radius 2 is 2.05 bits per heavy atom. The Bertz CT molecular complexity index is 552. The first kappa shape index (κ1) is 18.7. The third-order valence-corrected chi connectivity index (χ3v) is 4.16. The number of carbonyl (C=O) groups excluding carboxylic acids is 2. The molecule has 0 radical (unpaired) electrons. The van der Waals surface area contributed by atoms with E-state index in [-0.39, 0.29) is 36.1 Å². The normalized spacial score (nSPS) is 20.1. The molecule has 5 nitrogen and oxygen atoms in total. The lowest BCUT2D eigenvalue weighted by Crippen LogP contribution is -2.29. The van der Waals surface area contributed by atoms with Crippen LogP contribution in [0.3, 0.4) is 0 Å². The van der Waals surface area contributed by atoms with Crippen molar-refractivity contribution in [2.45, 2.75) is 26.2 Å². The summed E-state index contributed by atoms with van der Waals surface area (Å²) in [5.41, 5.74) is 6.86. The fourth-order valence-electron chi connectivity index (χ4n) is 2.78. The quantitative estimate of drug-likeness (QED) is 0.783. The van der Waals surface area contributed by atoms with E-state index in [1.165, 1.54) is 6.92 Å². The zero-order valence-corrected chi connectivity index (χ0v) is 14.0. The lowest BCUT2D eigenvalue weighted by atomic mass is 9.95. The Hall–Kier alpha value is -1.30. The Balaban J connectivity index is 0.00000242. The van der Waals surface area contributed by atoms with E-state index in [1.54, 1.807) is 18.2 Å². The summed E-state index contributed by atoms with van der Waals surface area (Å²) in [6.07, 6.45) is 2.93. The van der Waals surface area contributed by atoms with Crippen molar-refractivity contribution in [2.24, 2.45) is 17.6 Å². The molecule has 1 aliphatic carbocycles. The first-order valence-electron chi connectivity index (χ1n) is 7.09. The molecule has 1 aromatic carbocycles. The number of amides is 2. The molecule has 0 unspecified atom stereocenters. The average Bonchev–Trinajstić information content (AvgIpc) is 2.90. The molecule has 2 amide bonds. The highest BCUT2D eigenvalue weighted by molar-refractivity contribution is 6.34. The van der Waals surface area contributed by atoms with Crippen LogP contribution >= 0.6 is 24.0 Å². The van der Waals surface area contributed by atoms with Crippen molar-refractivity contribution in [1.29, 1.82) is 0 Å². The highest BCUT2D eigenvalue weighted by Gasteiger charge is 2.31. The molecule has 0 aliphatic heterocycles. The fraction of sp³-hybridized carbons (Fsp3) is 0.467. The largest absolute Gasteiger partial charge is 0.330 e. The summed E-state index contributed by atoms with van der Waals surface area (Å²) in [6.45, 7) is 1.96. The molecular weight excluding hydrogens is 325 g/mol. The first-order chi connectivity index (χ1) is 10.0. The van der Waals surface area contributed by atoms with Crippen molar-refractivity contribution >= 4 is 47.2 Å². The second-order valence-corrected chi connectivity index (χ2v) is 5.81. The predicted molar refractivity (Wildman–Crippen MR) is 91.5 cm³/mol. The standard InChI is InChI=1S/C15H20ClN3O2.ClH/c1-9(20)18-14-6-5-11(7-13(14)16)19-15(21)12-4-2-3-10(12)8-17;/h5-7,10,12H,2-4,8,17H2,1H3,(H,18,20)(H,19,21);1H/t10-,12-;/m1./s1. The van der Waals surface area contributed by atoms with Crippen LogP contribution in [0.1, 0.15) is 26.2 Å². The molecule has 0 spiro atoms. The van der Waals surface area contributed by atoms with Gasteiger partial charge in [0.1, 0.15) is 0 Å². The molecule has 4 N–H and O–H groups in total. The van der Waals surface area contributed by atoms with Crippen LogP contribution in [0.2, 0.25) is 5.02 Å². The van der Waals surface area contributed by atoms with E-state index in [9.17, 15) is 9.59 Å². The molecule has 0 aromatic heterocycles. The van der Waals surface area contributed by atoms with Gasteiger partial charge in [0.15, 0.2) is 0 Å². The maximum Gasteiger partial charge on any atom is 0.227 e. The number of benzene rings is 1. The van der Waals surface area contributed by atoms with Gasteiger partial charge in [-0.15, -0.1) is 12.4 Å². The van der Waals surface area contributed by atoms with E-state index in [0.717, 1.165) is 19.3 Å². The Morgan fingerprint density at radius 3 is 2.64 bits per heavy atom. The van der Waals surface area contributed by atoms with E-state index in [2.05, 4.69) is 10.6 Å². The smallest absolute Gasteiger partial charge is 0.227 e. The minimum absolute atomic E-state index is 0. The number of halogens is 2. The van der Waals surface area contributed by atoms with E-state index in [0.29, 0.717) is 22.9 Å². The molecule has 2 rings (SSSR count). The highest BCUT2D eigenvalue weighted by atomic mass is 35.5. The number of rotatable bonds is 4. The van der Waals surface area contributed by atoms with Gasteiger partial charge in [0.05, 0.1) is 10.7 Å². The molecule has 0 saturated heterocycles. The zero-order chi connectivity index (χ0) is 15.4. The van der Waals surface area contributed by atoms with Gasteiger partial charge in [-0.2, -0.15) is 0 Å². The van der Waals surface area contributed by atoms with Crippen molar-refractivity contribution in [3.63, 3.8) is 0 Å². The van der Waals surface area contributed by atoms with Crippen molar-refractivity contribution in [2.75, 3.05) is 17.2 Å². The van der Waals surface area contributed by atoms with Crippen molar-refractivity contribution < 1.29 is 9.59 Å². The van der Waals surface area contributed by atoms with Crippen molar-refractivity contribution in [3.8, 4) is 0 Å². The number of hydrogen-bond donors (Lipinski definition) is 3. The van der Waals surface area contributed by atoms with Gasteiger partial charge < -0.3 is 16.4 Å². The van der Waals surface area contributed by atoms with Gasteiger partial charge in [0.25, 0.3) is 0 Å². The van der Waals surface area contributed by atoms with Gasteiger partial charge in [-0.3, -0.25) is 9.59 Å². The van der Waals surface area contributed by atoms with Gasteiger partial charge in [0.2, 0.25) is 11.8 Å². The lowest BCUT2D eigenvalue weighted by Gasteiger charge is -2.17. The minimum atomic E-state index is -0.189. The monoisotopic (exact) mass is 345 g/mol. The van der Waals surface area contributed by atoms with Crippen LogP contribution < -0.4 is 16.4 Å².